The molecule has 6 heteroatoms. The minimum atomic E-state index is 0. The highest BCUT2D eigenvalue weighted by molar-refractivity contribution is 6.01. The third-order valence-electron chi connectivity index (χ3n) is 5.03. The molecule has 30 heavy (non-hydrogen) atoms. The molecule has 0 atom stereocenters. The zero-order chi connectivity index (χ0) is 20.4. The van der Waals surface area contributed by atoms with Crippen LogP contribution in [-0.4, -0.2) is 22.0 Å². The summed E-state index contributed by atoms with van der Waals surface area (Å²) in [7, 11) is 0. The van der Waals surface area contributed by atoms with Crippen molar-refractivity contribution in [1.29, 1.82) is 5.41 Å². The highest BCUT2D eigenvalue weighted by Gasteiger charge is 2.14. The van der Waals surface area contributed by atoms with Gasteiger partial charge in [0.2, 0.25) is 0 Å². The van der Waals surface area contributed by atoms with Crippen LogP contribution in [0.2, 0.25) is 0 Å². The van der Waals surface area contributed by atoms with Crippen molar-refractivity contribution in [3.63, 3.8) is 0 Å². The normalized spacial score (nSPS) is 10.6. The highest BCUT2D eigenvalue weighted by Crippen LogP contribution is 2.27. The Morgan fingerprint density at radius 3 is 2.47 bits per heavy atom. The Labute approximate surface area is 182 Å². The molecule has 0 aliphatic rings. The van der Waals surface area contributed by atoms with Crippen LogP contribution in [0.5, 0.6) is 6.01 Å². The number of aryl methyl sites for hydroxylation is 1. The standard InChI is InChI=1S/C24H24N4O.ClH/c1-3-29-24-27-21-10-6-7-16(2)22(21)28(24)15-17-11-13-18(14-12-17)19-8-4-5-9-20(19)23(25)26;/h4-14H,3,15H2,1-2H3,(H3,25,26);1H. The van der Waals surface area contributed by atoms with Crippen LogP contribution < -0.4 is 10.5 Å². The van der Waals surface area contributed by atoms with Gasteiger partial charge >= 0.3 is 0 Å². The SMILES string of the molecule is CCOc1nc2cccc(C)c2n1Cc1ccc(-c2ccccc2C(=N)N)cc1.Cl. The van der Waals surface area contributed by atoms with Crippen molar-refractivity contribution >= 4 is 29.3 Å². The number of fused-ring (bicyclic) bond motifs is 1. The van der Waals surface area contributed by atoms with Crippen molar-refractivity contribution in [2.75, 3.05) is 6.61 Å². The van der Waals surface area contributed by atoms with E-state index in [1.807, 2.05) is 43.3 Å². The average molecular weight is 421 g/mol. The fraction of sp³-hybridized carbons (Fsp3) is 0.167. The Morgan fingerprint density at radius 2 is 1.77 bits per heavy atom. The summed E-state index contributed by atoms with van der Waals surface area (Å²) in [4.78, 5) is 4.66. The lowest BCUT2D eigenvalue weighted by Gasteiger charge is -2.12. The van der Waals surface area contributed by atoms with E-state index < -0.39 is 0 Å². The molecule has 5 nitrogen and oxygen atoms in total. The van der Waals surface area contributed by atoms with Crippen molar-refractivity contribution in [3.05, 3.63) is 83.4 Å². The molecule has 0 bridgehead atoms. The van der Waals surface area contributed by atoms with Crippen molar-refractivity contribution in [2.24, 2.45) is 5.73 Å². The van der Waals surface area contributed by atoms with E-state index in [1.165, 1.54) is 5.56 Å². The molecule has 1 aromatic heterocycles. The second kappa shape index (κ2) is 9.01. The number of halogens is 1. The second-order valence-corrected chi connectivity index (χ2v) is 7.01. The summed E-state index contributed by atoms with van der Waals surface area (Å²) < 4.78 is 7.93. The number of imidazole rings is 1. The first-order chi connectivity index (χ1) is 14.1. The van der Waals surface area contributed by atoms with E-state index in [1.54, 1.807) is 0 Å². The molecule has 0 saturated carbocycles. The monoisotopic (exact) mass is 420 g/mol. The number of amidine groups is 1. The van der Waals surface area contributed by atoms with Gasteiger partial charge in [-0.3, -0.25) is 9.98 Å². The van der Waals surface area contributed by atoms with Gasteiger partial charge in [-0.15, -0.1) is 12.4 Å². The van der Waals surface area contributed by atoms with Gasteiger partial charge in [0.1, 0.15) is 5.84 Å². The van der Waals surface area contributed by atoms with Gasteiger partial charge in [0.15, 0.2) is 0 Å². The molecule has 0 fully saturated rings. The molecule has 0 radical (unpaired) electrons. The van der Waals surface area contributed by atoms with E-state index >= 15 is 0 Å². The Hall–Kier alpha value is -3.31. The molecule has 0 aliphatic carbocycles. The summed E-state index contributed by atoms with van der Waals surface area (Å²) in [6.07, 6.45) is 0. The van der Waals surface area contributed by atoms with Gasteiger partial charge in [0.25, 0.3) is 6.01 Å². The van der Waals surface area contributed by atoms with E-state index in [2.05, 4.69) is 46.8 Å². The predicted molar refractivity (Wildman–Crippen MR) is 125 cm³/mol. The Balaban J connectivity index is 0.00000256. The second-order valence-electron chi connectivity index (χ2n) is 7.01. The van der Waals surface area contributed by atoms with Crippen LogP contribution in [0, 0.1) is 12.3 Å². The van der Waals surface area contributed by atoms with Crippen molar-refractivity contribution < 1.29 is 4.74 Å². The Bertz CT molecular complexity index is 1180. The number of hydrogen-bond donors (Lipinski definition) is 2. The number of ether oxygens (including phenoxy) is 1. The zero-order valence-electron chi connectivity index (χ0n) is 17.1. The molecule has 4 aromatic rings. The number of rotatable bonds is 6. The number of nitrogens with two attached hydrogens (primary N) is 1. The largest absolute Gasteiger partial charge is 0.465 e. The number of benzene rings is 3. The average Bonchev–Trinajstić information content (AvgIpc) is 3.07. The van der Waals surface area contributed by atoms with Crippen LogP contribution in [0.4, 0.5) is 0 Å². The number of nitrogens with one attached hydrogen (secondary N) is 1. The summed E-state index contributed by atoms with van der Waals surface area (Å²) in [6, 6.07) is 22.9. The molecule has 3 N–H and O–H groups in total. The molecule has 0 unspecified atom stereocenters. The maximum atomic E-state index is 7.81. The fourth-order valence-corrected chi connectivity index (χ4v) is 3.67. The van der Waals surface area contributed by atoms with E-state index in [9.17, 15) is 0 Å². The number of nitrogen functional groups attached to an aromatic ring is 1. The van der Waals surface area contributed by atoms with Crippen molar-refractivity contribution in [2.45, 2.75) is 20.4 Å². The van der Waals surface area contributed by atoms with Gasteiger partial charge in [-0.2, -0.15) is 4.98 Å². The lowest BCUT2D eigenvalue weighted by Crippen LogP contribution is -2.12. The quantitative estimate of drug-likeness (QED) is 0.334. The minimum Gasteiger partial charge on any atom is -0.465 e. The van der Waals surface area contributed by atoms with Crippen LogP contribution in [0.3, 0.4) is 0 Å². The van der Waals surface area contributed by atoms with Crippen LogP contribution in [0.1, 0.15) is 23.6 Å². The molecular formula is C24H25ClN4O. The van der Waals surface area contributed by atoms with E-state index in [0.717, 1.165) is 33.3 Å². The molecule has 0 spiro atoms. The van der Waals surface area contributed by atoms with Gasteiger partial charge in [0.05, 0.1) is 24.2 Å². The third kappa shape index (κ3) is 4.02. The van der Waals surface area contributed by atoms with Gasteiger partial charge in [-0.1, -0.05) is 60.7 Å². The summed E-state index contributed by atoms with van der Waals surface area (Å²) in [5, 5.41) is 7.81. The van der Waals surface area contributed by atoms with Crippen LogP contribution in [-0.2, 0) is 6.54 Å². The molecule has 0 amide bonds. The maximum Gasteiger partial charge on any atom is 0.297 e. The minimum absolute atomic E-state index is 0. The smallest absolute Gasteiger partial charge is 0.297 e. The molecule has 154 valence electrons. The van der Waals surface area contributed by atoms with Gasteiger partial charge in [-0.25, -0.2) is 0 Å². The summed E-state index contributed by atoms with van der Waals surface area (Å²) >= 11 is 0. The third-order valence-corrected chi connectivity index (χ3v) is 5.03. The number of para-hydroxylation sites is 1. The van der Waals surface area contributed by atoms with E-state index in [0.29, 0.717) is 19.2 Å². The number of hydrogen-bond acceptors (Lipinski definition) is 3. The lowest BCUT2D eigenvalue weighted by atomic mass is 9.98. The number of nitrogens with zero attached hydrogens (tertiary/aromatic N) is 2. The lowest BCUT2D eigenvalue weighted by molar-refractivity contribution is 0.301. The Kier molecular flexibility index (Phi) is 6.43. The summed E-state index contributed by atoms with van der Waals surface area (Å²) in [5.41, 5.74) is 12.9. The molecule has 0 aliphatic heterocycles. The van der Waals surface area contributed by atoms with Crippen LogP contribution in [0.25, 0.3) is 22.2 Å². The molecule has 3 aromatic carbocycles. The van der Waals surface area contributed by atoms with Crippen molar-refractivity contribution in [3.8, 4) is 17.1 Å². The van der Waals surface area contributed by atoms with E-state index in [4.69, 9.17) is 15.9 Å². The first kappa shape index (κ1) is 21.4. The molecular weight excluding hydrogens is 396 g/mol. The number of aromatic nitrogens is 2. The summed E-state index contributed by atoms with van der Waals surface area (Å²) in [5.74, 6) is 0.0754. The Morgan fingerprint density at radius 1 is 1.03 bits per heavy atom. The van der Waals surface area contributed by atoms with Crippen LogP contribution >= 0.6 is 12.4 Å². The maximum absolute atomic E-state index is 7.81. The topological polar surface area (TPSA) is 76.9 Å². The first-order valence-corrected chi connectivity index (χ1v) is 9.70. The van der Waals surface area contributed by atoms with Gasteiger partial charge in [-0.05, 0) is 42.2 Å². The summed E-state index contributed by atoms with van der Waals surface area (Å²) in [6.45, 7) is 5.31. The van der Waals surface area contributed by atoms with Gasteiger partial charge in [0, 0.05) is 5.56 Å². The highest BCUT2D eigenvalue weighted by atomic mass is 35.5. The predicted octanol–water partition coefficient (Wildman–Crippen LogP) is 5.16. The zero-order valence-corrected chi connectivity index (χ0v) is 17.9. The molecule has 4 rings (SSSR count). The van der Waals surface area contributed by atoms with Crippen LogP contribution in [0.15, 0.2) is 66.7 Å². The molecule has 1 heterocycles. The van der Waals surface area contributed by atoms with E-state index in [-0.39, 0.29) is 18.2 Å². The van der Waals surface area contributed by atoms with Gasteiger partial charge < -0.3 is 10.5 Å². The first-order valence-electron chi connectivity index (χ1n) is 9.70. The fourth-order valence-electron chi connectivity index (χ4n) is 3.67. The molecule has 0 saturated heterocycles. The van der Waals surface area contributed by atoms with Crippen molar-refractivity contribution in [1.82, 2.24) is 9.55 Å².